The number of hydrogen-bond donors (Lipinski definition) is 4. The number of allylic oxidation sites excluding steroid dienone is 1. The number of Topliss-reactive ketones (excluding diaryl/α,β-unsaturated/α-hetero) is 2. The van der Waals surface area contributed by atoms with Gasteiger partial charge in [0.2, 0.25) is 5.95 Å². The minimum atomic E-state index is -0.238. The Morgan fingerprint density at radius 1 is 1.12 bits per heavy atom. The molecule has 0 radical (unpaired) electrons. The van der Waals surface area contributed by atoms with Crippen molar-refractivity contribution in [2.24, 2.45) is 0 Å². The number of ketones is 2. The first kappa shape index (κ1) is 24.5. The van der Waals surface area contributed by atoms with E-state index in [4.69, 9.17) is 10.2 Å². The number of fused-ring (bicyclic) bond motifs is 1. The summed E-state index contributed by atoms with van der Waals surface area (Å²) in [7, 11) is 1.81. The van der Waals surface area contributed by atoms with Gasteiger partial charge in [-0.1, -0.05) is 12.1 Å². The Bertz CT molecular complexity index is 985. The van der Waals surface area contributed by atoms with Crippen LogP contribution in [0.15, 0.2) is 36.2 Å². The van der Waals surface area contributed by atoms with E-state index >= 15 is 0 Å². The van der Waals surface area contributed by atoms with E-state index in [-0.39, 0.29) is 43.2 Å². The number of aromatic nitrogens is 2. The van der Waals surface area contributed by atoms with E-state index in [0.717, 1.165) is 29.8 Å². The Hall–Kier alpha value is -3.14. The molecule has 0 atom stereocenters. The minimum absolute atomic E-state index is 0.0583. The predicted molar refractivity (Wildman–Crippen MR) is 127 cm³/mol. The van der Waals surface area contributed by atoms with Gasteiger partial charge in [-0.3, -0.25) is 14.5 Å². The number of carbonyl (C=O) groups is 2. The number of hydrogen-bond acceptors (Lipinski definition) is 9. The molecule has 3 rings (SSSR count). The summed E-state index contributed by atoms with van der Waals surface area (Å²) in [6.45, 7) is 2.55. The minimum Gasteiger partial charge on any atom is -0.395 e. The average Bonchev–Trinajstić information content (AvgIpc) is 2.82. The fourth-order valence-electron chi connectivity index (χ4n) is 3.84. The first-order valence-corrected chi connectivity index (χ1v) is 11.1. The van der Waals surface area contributed by atoms with Crippen molar-refractivity contribution in [1.82, 2.24) is 14.9 Å². The van der Waals surface area contributed by atoms with Crippen LogP contribution in [-0.2, 0) is 22.4 Å². The Morgan fingerprint density at radius 3 is 2.52 bits per heavy atom. The van der Waals surface area contributed by atoms with Crippen LogP contribution in [0.2, 0.25) is 0 Å². The molecule has 0 unspecified atom stereocenters. The van der Waals surface area contributed by atoms with Crippen LogP contribution in [0.1, 0.15) is 23.1 Å². The summed E-state index contributed by atoms with van der Waals surface area (Å²) in [4.78, 5) is 35.9. The molecule has 0 amide bonds. The summed E-state index contributed by atoms with van der Waals surface area (Å²) in [5.74, 6) is 0.0482. The van der Waals surface area contributed by atoms with E-state index in [2.05, 4.69) is 20.6 Å². The molecule has 0 spiro atoms. The second-order valence-electron chi connectivity index (χ2n) is 7.87. The number of nitrogens with one attached hydrogen (secondary N) is 2. The van der Waals surface area contributed by atoms with Crippen LogP contribution < -0.4 is 10.6 Å². The second kappa shape index (κ2) is 12.2. The normalized spacial score (nSPS) is 13.0. The van der Waals surface area contributed by atoms with Crippen LogP contribution in [0.4, 0.5) is 11.6 Å². The van der Waals surface area contributed by atoms with Crippen molar-refractivity contribution in [3.05, 3.63) is 52.9 Å². The summed E-state index contributed by atoms with van der Waals surface area (Å²) < 4.78 is 0. The van der Waals surface area contributed by atoms with Gasteiger partial charge in [-0.05, 0) is 41.8 Å². The maximum atomic E-state index is 12.8. The topological polar surface area (TPSA) is 128 Å². The quantitative estimate of drug-likeness (QED) is 0.259. The van der Waals surface area contributed by atoms with E-state index in [1.165, 1.54) is 0 Å². The van der Waals surface area contributed by atoms with Crippen LogP contribution in [0.25, 0.3) is 6.08 Å². The smallest absolute Gasteiger partial charge is 0.222 e. The number of rotatable bonds is 13. The molecular weight excluding hydrogens is 422 g/mol. The van der Waals surface area contributed by atoms with Gasteiger partial charge < -0.3 is 20.8 Å². The third kappa shape index (κ3) is 6.67. The second-order valence-corrected chi connectivity index (χ2v) is 7.87. The molecule has 0 fully saturated rings. The number of benzene rings is 1. The molecule has 9 nitrogen and oxygen atoms in total. The Morgan fingerprint density at radius 2 is 1.85 bits per heavy atom. The summed E-state index contributed by atoms with van der Waals surface area (Å²) in [5, 5.41) is 24.3. The lowest BCUT2D eigenvalue weighted by Crippen LogP contribution is -2.31. The van der Waals surface area contributed by atoms with Crippen LogP contribution >= 0.6 is 0 Å². The summed E-state index contributed by atoms with van der Waals surface area (Å²) in [5.41, 5.74) is 3.56. The molecule has 2 aromatic rings. The molecule has 33 heavy (non-hydrogen) atoms. The third-order valence-electron chi connectivity index (χ3n) is 5.56. The summed E-state index contributed by atoms with van der Waals surface area (Å²) in [6, 6.07) is 5.72. The number of carbonyl (C=O) groups excluding carboxylic acids is 2. The molecule has 1 aromatic carbocycles. The lowest BCUT2D eigenvalue weighted by atomic mass is 9.87. The van der Waals surface area contributed by atoms with Crippen LogP contribution in [0, 0.1) is 0 Å². The van der Waals surface area contributed by atoms with Gasteiger partial charge in [-0.15, -0.1) is 0 Å². The van der Waals surface area contributed by atoms with Crippen LogP contribution in [-0.4, -0.2) is 83.1 Å². The molecule has 0 bridgehead atoms. The Balaban J connectivity index is 1.54. The summed E-state index contributed by atoms with van der Waals surface area (Å²) >= 11 is 0. The first-order valence-electron chi connectivity index (χ1n) is 11.1. The summed E-state index contributed by atoms with van der Waals surface area (Å²) in [6.07, 6.45) is 5.94. The highest BCUT2D eigenvalue weighted by atomic mass is 16.3. The zero-order valence-electron chi connectivity index (χ0n) is 18.9. The van der Waals surface area contributed by atoms with Crippen molar-refractivity contribution in [3.8, 4) is 0 Å². The molecule has 1 aliphatic carbocycles. The van der Waals surface area contributed by atoms with Gasteiger partial charge in [0.15, 0.2) is 11.6 Å². The van der Waals surface area contributed by atoms with Gasteiger partial charge in [-0.2, -0.15) is 0 Å². The largest absolute Gasteiger partial charge is 0.395 e. The Labute approximate surface area is 193 Å². The molecule has 0 saturated heterocycles. The highest BCUT2D eigenvalue weighted by Gasteiger charge is 2.25. The van der Waals surface area contributed by atoms with E-state index < -0.39 is 0 Å². The number of nitrogens with zero attached hydrogens (tertiary/aromatic N) is 3. The molecule has 176 valence electrons. The number of anilines is 2. The van der Waals surface area contributed by atoms with Gasteiger partial charge >= 0.3 is 0 Å². The van der Waals surface area contributed by atoms with Crippen LogP contribution in [0.5, 0.6) is 0 Å². The van der Waals surface area contributed by atoms with Crippen molar-refractivity contribution in [3.63, 3.8) is 0 Å². The van der Waals surface area contributed by atoms with Crippen molar-refractivity contribution >= 4 is 29.3 Å². The lowest BCUT2D eigenvalue weighted by Gasteiger charge is -2.19. The predicted octanol–water partition coefficient (Wildman–Crippen LogP) is 0.927. The molecule has 1 heterocycles. The SMILES string of the molecule is CNc1cccc2c1CC(=O)C(C(=O)Cc1cnc(NCCCN(CCO)CCO)nc1)=C2. The zero-order chi connectivity index (χ0) is 23.6. The van der Waals surface area contributed by atoms with E-state index in [1.54, 1.807) is 18.5 Å². The van der Waals surface area contributed by atoms with E-state index in [9.17, 15) is 9.59 Å². The van der Waals surface area contributed by atoms with Crippen molar-refractivity contribution < 1.29 is 19.8 Å². The molecule has 0 saturated carbocycles. The number of aliphatic hydroxyl groups is 2. The van der Waals surface area contributed by atoms with E-state index in [0.29, 0.717) is 31.1 Å². The monoisotopic (exact) mass is 453 g/mol. The Kier molecular flexibility index (Phi) is 9.05. The van der Waals surface area contributed by atoms with Gasteiger partial charge in [0, 0.05) is 57.6 Å². The zero-order valence-corrected chi connectivity index (χ0v) is 18.9. The maximum Gasteiger partial charge on any atom is 0.222 e. The van der Waals surface area contributed by atoms with E-state index in [1.807, 2.05) is 30.1 Å². The number of aliphatic hydroxyl groups excluding tert-OH is 2. The van der Waals surface area contributed by atoms with Crippen LogP contribution in [0.3, 0.4) is 0 Å². The van der Waals surface area contributed by atoms with Gasteiger partial charge in [-0.25, -0.2) is 9.97 Å². The molecule has 9 heteroatoms. The van der Waals surface area contributed by atoms with Gasteiger partial charge in [0.1, 0.15) is 0 Å². The molecule has 0 aliphatic heterocycles. The highest BCUT2D eigenvalue weighted by molar-refractivity contribution is 6.25. The van der Waals surface area contributed by atoms with Gasteiger partial charge in [0.25, 0.3) is 0 Å². The van der Waals surface area contributed by atoms with Gasteiger partial charge in [0.05, 0.1) is 18.8 Å². The fraction of sp³-hybridized carbons (Fsp3) is 0.417. The third-order valence-corrected chi connectivity index (χ3v) is 5.56. The average molecular weight is 454 g/mol. The highest BCUT2D eigenvalue weighted by Crippen LogP contribution is 2.28. The lowest BCUT2D eigenvalue weighted by molar-refractivity contribution is -0.120. The molecule has 1 aliphatic rings. The van der Waals surface area contributed by atoms with Crippen molar-refractivity contribution in [2.45, 2.75) is 19.3 Å². The molecular formula is C24H31N5O4. The molecule has 4 N–H and O–H groups in total. The maximum absolute atomic E-state index is 12.8. The fourth-order valence-corrected chi connectivity index (χ4v) is 3.84. The first-order chi connectivity index (χ1) is 16.0. The van der Waals surface area contributed by atoms with Crippen molar-refractivity contribution in [2.75, 3.05) is 57.1 Å². The molecule has 1 aromatic heterocycles. The standard InChI is InChI=1S/C24H31N5O4/c1-25-21-5-2-4-18-13-20(23(33)14-19(18)21)22(32)12-17-15-27-24(28-16-17)26-6-3-7-29(8-10-30)9-11-31/h2,4-5,13,15-16,25,30-31H,3,6-12,14H2,1H3,(H,26,27,28). The van der Waals surface area contributed by atoms with Crippen molar-refractivity contribution in [1.29, 1.82) is 0 Å².